The van der Waals surface area contributed by atoms with Gasteiger partial charge in [0, 0.05) is 35.8 Å². The molecule has 0 spiro atoms. The lowest BCUT2D eigenvalue weighted by molar-refractivity contribution is 0.513. The number of hydrogen-bond acceptors (Lipinski definition) is 2. The molecule has 1 heterocycles. The molecule has 1 N–H and O–H groups in total. The van der Waals surface area contributed by atoms with Crippen molar-refractivity contribution in [3.8, 4) is 0 Å². The van der Waals surface area contributed by atoms with Crippen molar-refractivity contribution >= 4 is 23.2 Å². The summed E-state index contributed by atoms with van der Waals surface area (Å²) in [6.07, 6.45) is 3.61. The molecule has 1 aromatic carbocycles. The molecule has 0 aliphatic heterocycles. The molecular formula is C15H19Cl2N3. The number of benzene rings is 1. The van der Waals surface area contributed by atoms with Gasteiger partial charge in [-0.05, 0) is 36.7 Å². The van der Waals surface area contributed by atoms with Crippen molar-refractivity contribution in [3.63, 3.8) is 0 Å². The zero-order chi connectivity index (χ0) is 14.5. The SMILES string of the molecule is CCNC(Cc1ccn(C)n1)Cc1c(Cl)cccc1Cl. The molecule has 0 saturated carbocycles. The van der Waals surface area contributed by atoms with Crippen molar-refractivity contribution in [2.75, 3.05) is 6.54 Å². The number of aromatic nitrogens is 2. The lowest BCUT2D eigenvalue weighted by Crippen LogP contribution is -2.33. The molecule has 108 valence electrons. The van der Waals surface area contributed by atoms with E-state index in [1.807, 2.05) is 42.2 Å². The zero-order valence-corrected chi connectivity index (χ0v) is 13.2. The summed E-state index contributed by atoms with van der Waals surface area (Å²) in [4.78, 5) is 0. The Kier molecular flexibility index (Phi) is 5.46. The first-order valence-corrected chi connectivity index (χ1v) is 7.50. The van der Waals surface area contributed by atoms with Crippen LogP contribution < -0.4 is 5.32 Å². The van der Waals surface area contributed by atoms with Crippen molar-refractivity contribution in [1.29, 1.82) is 0 Å². The average molecular weight is 312 g/mol. The Morgan fingerprint density at radius 2 is 1.90 bits per heavy atom. The maximum Gasteiger partial charge on any atom is 0.0640 e. The Balaban J connectivity index is 2.13. The summed E-state index contributed by atoms with van der Waals surface area (Å²) in [6, 6.07) is 7.94. The molecule has 1 atom stereocenters. The second kappa shape index (κ2) is 7.11. The molecule has 2 aromatic rings. The van der Waals surface area contributed by atoms with Gasteiger partial charge in [-0.25, -0.2) is 0 Å². The maximum absolute atomic E-state index is 6.25. The van der Waals surface area contributed by atoms with Gasteiger partial charge in [-0.1, -0.05) is 36.2 Å². The molecule has 3 nitrogen and oxygen atoms in total. The highest BCUT2D eigenvalue weighted by Crippen LogP contribution is 2.26. The summed E-state index contributed by atoms with van der Waals surface area (Å²) in [5.74, 6) is 0. The first kappa shape index (κ1) is 15.4. The summed E-state index contributed by atoms with van der Waals surface area (Å²) in [7, 11) is 1.93. The molecular weight excluding hydrogens is 293 g/mol. The van der Waals surface area contributed by atoms with E-state index in [0.717, 1.165) is 40.7 Å². The summed E-state index contributed by atoms with van der Waals surface area (Å²) >= 11 is 12.5. The molecule has 1 aromatic heterocycles. The van der Waals surface area contributed by atoms with Crippen molar-refractivity contribution in [3.05, 3.63) is 51.8 Å². The molecule has 0 amide bonds. The second-order valence-corrected chi connectivity index (χ2v) is 5.66. The van der Waals surface area contributed by atoms with E-state index in [-0.39, 0.29) is 6.04 Å². The van der Waals surface area contributed by atoms with E-state index >= 15 is 0 Å². The van der Waals surface area contributed by atoms with Crippen LogP contribution in [-0.4, -0.2) is 22.4 Å². The highest BCUT2D eigenvalue weighted by atomic mass is 35.5. The van der Waals surface area contributed by atoms with Gasteiger partial charge in [0.05, 0.1) is 5.69 Å². The van der Waals surface area contributed by atoms with Gasteiger partial charge in [0.25, 0.3) is 0 Å². The first-order chi connectivity index (χ1) is 9.60. The molecule has 2 rings (SSSR count). The minimum absolute atomic E-state index is 0.271. The first-order valence-electron chi connectivity index (χ1n) is 6.75. The van der Waals surface area contributed by atoms with Crippen LogP contribution in [0.25, 0.3) is 0 Å². The van der Waals surface area contributed by atoms with Crippen LogP contribution in [0.5, 0.6) is 0 Å². The highest BCUT2D eigenvalue weighted by molar-refractivity contribution is 6.36. The molecule has 0 aliphatic rings. The third-order valence-electron chi connectivity index (χ3n) is 3.23. The van der Waals surface area contributed by atoms with Crippen LogP contribution in [0.3, 0.4) is 0 Å². The molecule has 0 fully saturated rings. The fourth-order valence-corrected chi connectivity index (χ4v) is 2.86. The topological polar surface area (TPSA) is 29.9 Å². The molecule has 1 unspecified atom stereocenters. The molecule has 5 heteroatoms. The fraction of sp³-hybridized carbons (Fsp3) is 0.400. The Labute approximate surface area is 129 Å². The average Bonchev–Trinajstić information content (AvgIpc) is 2.80. The van der Waals surface area contributed by atoms with Crippen molar-refractivity contribution < 1.29 is 0 Å². The largest absolute Gasteiger partial charge is 0.314 e. The van der Waals surface area contributed by atoms with E-state index in [4.69, 9.17) is 23.2 Å². The fourth-order valence-electron chi connectivity index (χ4n) is 2.30. The number of rotatable bonds is 6. The summed E-state index contributed by atoms with van der Waals surface area (Å²) < 4.78 is 1.82. The van der Waals surface area contributed by atoms with E-state index in [1.54, 1.807) is 0 Å². The lowest BCUT2D eigenvalue weighted by atomic mass is 10.0. The van der Waals surface area contributed by atoms with Crippen LogP contribution in [0.4, 0.5) is 0 Å². The van der Waals surface area contributed by atoms with Crippen LogP contribution in [-0.2, 0) is 19.9 Å². The Morgan fingerprint density at radius 3 is 2.45 bits per heavy atom. The zero-order valence-electron chi connectivity index (χ0n) is 11.7. The van der Waals surface area contributed by atoms with Gasteiger partial charge in [-0.15, -0.1) is 0 Å². The quantitative estimate of drug-likeness (QED) is 0.885. The van der Waals surface area contributed by atoms with Gasteiger partial charge in [0.15, 0.2) is 0 Å². The minimum atomic E-state index is 0.271. The van der Waals surface area contributed by atoms with Gasteiger partial charge >= 0.3 is 0 Å². The van der Waals surface area contributed by atoms with Gasteiger partial charge in [-0.3, -0.25) is 4.68 Å². The van der Waals surface area contributed by atoms with E-state index in [2.05, 4.69) is 17.3 Å². The summed E-state index contributed by atoms with van der Waals surface area (Å²) in [5.41, 5.74) is 2.07. The van der Waals surface area contributed by atoms with E-state index in [0.29, 0.717) is 0 Å². The van der Waals surface area contributed by atoms with E-state index in [1.165, 1.54) is 0 Å². The number of nitrogens with zero attached hydrogens (tertiary/aromatic N) is 2. The van der Waals surface area contributed by atoms with E-state index < -0.39 is 0 Å². The van der Waals surface area contributed by atoms with Gasteiger partial charge in [0.2, 0.25) is 0 Å². The third-order valence-corrected chi connectivity index (χ3v) is 3.94. The van der Waals surface area contributed by atoms with E-state index in [9.17, 15) is 0 Å². The highest BCUT2D eigenvalue weighted by Gasteiger charge is 2.15. The Bertz CT molecular complexity index is 546. The molecule has 20 heavy (non-hydrogen) atoms. The summed E-state index contributed by atoms with van der Waals surface area (Å²) in [6.45, 7) is 3.00. The maximum atomic E-state index is 6.25. The second-order valence-electron chi connectivity index (χ2n) is 4.84. The van der Waals surface area contributed by atoms with Crippen molar-refractivity contribution in [2.24, 2.45) is 7.05 Å². The van der Waals surface area contributed by atoms with Crippen LogP contribution >= 0.6 is 23.2 Å². The predicted octanol–water partition coefficient (Wildman–Crippen LogP) is 3.49. The molecule has 0 aliphatic carbocycles. The monoisotopic (exact) mass is 311 g/mol. The van der Waals surface area contributed by atoms with Crippen LogP contribution in [0.2, 0.25) is 10.0 Å². The molecule has 0 bridgehead atoms. The van der Waals surface area contributed by atoms with Gasteiger partial charge in [-0.2, -0.15) is 5.10 Å². The number of likely N-dealkylation sites (N-methyl/N-ethyl adjacent to an activating group) is 1. The number of nitrogens with one attached hydrogen (secondary N) is 1. The van der Waals surface area contributed by atoms with Crippen LogP contribution in [0, 0.1) is 0 Å². The van der Waals surface area contributed by atoms with Crippen LogP contribution in [0.1, 0.15) is 18.2 Å². The van der Waals surface area contributed by atoms with Crippen molar-refractivity contribution in [2.45, 2.75) is 25.8 Å². The predicted molar refractivity (Wildman–Crippen MR) is 84.5 cm³/mol. The normalized spacial score (nSPS) is 12.6. The minimum Gasteiger partial charge on any atom is -0.314 e. The van der Waals surface area contributed by atoms with Crippen molar-refractivity contribution in [1.82, 2.24) is 15.1 Å². The molecule has 0 radical (unpaired) electrons. The van der Waals surface area contributed by atoms with Gasteiger partial charge in [0.1, 0.15) is 0 Å². The van der Waals surface area contributed by atoms with Gasteiger partial charge < -0.3 is 5.32 Å². The number of hydrogen-bond donors (Lipinski definition) is 1. The molecule has 0 saturated heterocycles. The Hall–Kier alpha value is -1.03. The smallest absolute Gasteiger partial charge is 0.0640 e. The number of aryl methyl sites for hydroxylation is 1. The standard InChI is InChI=1S/C15H19Cl2N3/c1-3-18-12(9-11-7-8-20(2)19-11)10-13-14(16)5-4-6-15(13)17/h4-8,12,18H,3,9-10H2,1-2H3. The summed E-state index contributed by atoms with van der Waals surface area (Å²) in [5, 5.41) is 9.35. The lowest BCUT2D eigenvalue weighted by Gasteiger charge is -2.18. The third kappa shape index (κ3) is 3.98. The Morgan fingerprint density at radius 1 is 1.20 bits per heavy atom. The number of halogens is 2. The van der Waals surface area contributed by atoms with Crippen LogP contribution in [0.15, 0.2) is 30.5 Å².